The number of carbonyl (C=O) groups is 1. The molecule has 1 aromatic carbocycles. The Morgan fingerprint density at radius 2 is 2.10 bits per heavy atom. The molecule has 0 N–H and O–H groups in total. The summed E-state index contributed by atoms with van der Waals surface area (Å²) in [6.45, 7) is 7.86. The van der Waals surface area contributed by atoms with Crippen LogP contribution in [0.3, 0.4) is 0 Å². The number of ether oxygens (including phenoxy) is 1. The number of azide groups is 1. The van der Waals surface area contributed by atoms with Crippen LogP contribution in [0.25, 0.3) is 10.4 Å². The van der Waals surface area contributed by atoms with E-state index < -0.39 is 11.1 Å². The first kappa shape index (κ1) is 15.2. The molecule has 1 aliphatic heterocycles. The summed E-state index contributed by atoms with van der Waals surface area (Å²) in [5.74, 6) is 0. The lowest BCUT2D eigenvalue weighted by Gasteiger charge is -2.38. The van der Waals surface area contributed by atoms with Gasteiger partial charge in [0.05, 0.1) is 11.2 Å². The summed E-state index contributed by atoms with van der Waals surface area (Å²) >= 11 is 0. The zero-order valence-electron chi connectivity index (χ0n) is 12.8. The third kappa shape index (κ3) is 3.11. The van der Waals surface area contributed by atoms with E-state index in [0.717, 1.165) is 11.3 Å². The predicted molar refractivity (Wildman–Crippen MR) is 81.1 cm³/mol. The average Bonchev–Trinajstić information content (AvgIpc) is 2.37. The van der Waals surface area contributed by atoms with E-state index in [-0.39, 0.29) is 6.09 Å². The van der Waals surface area contributed by atoms with Gasteiger partial charge in [0.15, 0.2) is 0 Å². The largest absolute Gasteiger partial charge is 0.443 e. The molecule has 0 saturated heterocycles. The van der Waals surface area contributed by atoms with Crippen molar-refractivity contribution in [2.75, 3.05) is 11.4 Å². The fourth-order valence-electron chi connectivity index (χ4n) is 2.46. The van der Waals surface area contributed by atoms with E-state index >= 15 is 0 Å². The molecule has 1 aromatic rings. The molecule has 0 fully saturated rings. The smallest absolute Gasteiger partial charge is 0.414 e. The van der Waals surface area contributed by atoms with Crippen LogP contribution in [0.1, 0.15) is 39.7 Å². The van der Waals surface area contributed by atoms with Gasteiger partial charge in [-0.25, -0.2) is 4.79 Å². The van der Waals surface area contributed by atoms with Crippen molar-refractivity contribution in [2.45, 2.75) is 45.3 Å². The van der Waals surface area contributed by atoms with Crippen molar-refractivity contribution in [1.29, 1.82) is 0 Å². The molecule has 2 rings (SSSR count). The molecule has 0 aromatic heterocycles. The second-order valence-corrected chi connectivity index (χ2v) is 6.36. The lowest BCUT2D eigenvalue weighted by molar-refractivity contribution is 0.0574. The van der Waals surface area contributed by atoms with Crippen LogP contribution in [0.5, 0.6) is 0 Å². The maximum atomic E-state index is 12.3. The number of anilines is 1. The SMILES string of the molecule is CC(C)(C)OC(=O)N1CCC(C)(N=[N+]=[N-])c2ccccc21. The van der Waals surface area contributed by atoms with E-state index in [1.165, 1.54) is 0 Å². The van der Waals surface area contributed by atoms with E-state index in [2.05, 4.69) is 10.0 Å². The monoisotopic (exact) mass is 288 g/mol. The number of nitrogens with zero attached hydrogens (tertiary/aromatic N) is 4. The van der Waals surface area contributed by atoms with Gasteiger partial charge in [0.1, 0.15) is 5.60 Å². The normalized spacial score (nSPS) is 21.2. The molecule has 0 saturated carbocycles. The highest BCUT2D eigenvalue weighted by molar-refractivity contribution is 5.90. The first-order chi connectivity index (χ1) is 9.77. The maximum absolute atomic E-state index is 12.3. The predicted octanol–water partition coefficient (Wildman–Crippen LogP) is 4.36. The third-order valence-corrected chi connectivity index (χ3v) is 3.48. The van der Waals surface area contributed by atoms with E-state index in [4.69, 9.17) is 10.3 Å². The zero-order valence-corrected chi connectivity index (χ0v) is 12.8. The van der Waals surface area contributed by atoms with Crippen molar-refractivity contribution in [3.8, 4) is 0 Å². The second kappa shape index (κ2) is 5.30. The van der Waals surface area contributed by atoms with E-state index in [0.29, 0.717) is 13.0 Å². The molecule has 0 aliphatic carbocycles. The quantitative estimate of drug-likeness (QED) is 0.437. The molecule has 1 heterocycles. The fourth-order valence-corrected chi connectivity index (χ4v) is 2.46. The summed E-state index contributed by atoms with van der Waals surface area (Å²) in [5.41, 5.74) is 9.20. The molecule has 6 nitrogen and oxygen atoms in total. The molecule has 21 heavy (non-hydrogen) atoms. The number of fused-ring (bicyclic) bond motifs is 1. The summed E-state index contributed by atoms with van der Waals surface area (Å²) in [6.07, 6.45) is 0.186. The van der Waals surface area contributed by atoms with Crippen LogP contribution in [-0.2, 0) is 10.3 Å². The minimum absolute atomic E-state index is 0.377. The van der Waals surface area contributed by atoms with Gasteiger partial charge in [-0.05, 0) is 51.3 Å². The van der Waals surface area contributed by atoms with Crippen molar-refractivity contribution in [3.05, 3.63) is 40.3 Å². The van der Waals surface area contributed by atoms with E-state index in [1.807, 2.05) is 52.0 Å². The molecule has 112 valence electrons. The van der Waals surface area contributed by atoms with Crippen molar-refractivity contribution in [1.82, 2.24) is 0 Å². The van der Waals surface area contributed by atoms with E-state index in [1.54, 1.807) is 4.90 Å². The summed E-state index contributed by atoms with van der Waals surface area (Å²) in [5, 5.41) is 3.93. The number of benzene rings is 1. The molecule has 1 atom stereocenters. The van der Waals surface area contributed by atoms with Crippen molar-refractivity contribution < 1.29 is 9.53 Å². The molecule has 0 spiro atoms. The van der Waals surface area contributed by atoms with Gasteiger partial charge in [-0.2, -0.15) is 0 Å². The molecule has 1 aliphatic rings. The lowest BCUT2D eigenvalue weighted by atomic mass is 9.85. The van der Waals surface area contributed by atoms with Crippen LogP contribution in [0.15, 0.2) is 29.4 Å². The van der Waals surface area contributed by atoms with Crippen molar-refractivity contribution in [3.63, 3.8) is 0 Å². The van der Waals surface area contributed by atoms with E-state index in [9.17, 15) is 4.79 Å². The highest BCUT2D eigenvalue weighted by atomic mass is 16.6. The average molecular weight is 288 g/mol. The number of rotatable bonds is 1. The summed E-state index contributed by atoms with van der Waals surface area (Å²) < 4.78 is 5.45. The molecule has 6 heteroatoms. The number of hydrogen-bond acceptors (Lipinski definition) is 3. The molecular formula is C15H20N4O2. The Bertz CT molecular complexity index is 602. The van der Waals surface area contributed by atoms with Crippen molar-refractivity contribution >= 4 is 11.8 Å². The Morgan fingerprint density at radius 3 is 2.71 bits per heavy atom. The maximum Gasteiger partial charge on any atom is 0.414 e. The Balaban J connectivity index is 2.40. The molecule has 0 bridgehead atoms. The number of para-hydroxylation sites is 1. The highest BCUT2D eigenvalue weighted by Gasteiger charge is 2.37. The summed E-state index contributed by atoms with van der Waals surface area (Å²) in [7, 11) is 0. The van der Waals surface area contributed by atoms with Crippen LogP contribution < -0.4 is 4.90 Å². The van der Waals surface area contributed by atoms with Gasteiger partial charge in [-0.15, -0.1) is 0 Å². The van der Waals surface area contributed by atoms with Gasteiger partial charge in [-0.3, -0.25) is 4.90 Å². The zero-order chi connectivity index (χ0) is 15.7. The lowest BCUT2D eigenvalue weighted by Crippen LogP contribution is -2.43. The first-order valence-corrected chi connectivity index (χ1v) is 6.93. The highest BCUT2D eigenvalue weighted by Crippen LogP contribution is 2.41. The van der Waals surface area contributed by atoms with Gasteiger partial charge in [-0.1, -0.05) is 23.3 Å². The van der Waals surface area contributed by atoms with Gasteiger partial charge in [0, 0.05) is 11.5 Å². The van der Waals surface area contributed by atoms with Crippen LogP contribution in [0.2, 0.25) is 0 Å². The number of hydrogen-bond donors (Lipinski definition) is 0. The molecule has 1 unspecified atom stereocenters. The minimum Gasteiger partial charge on any atom is -0.443 e. The van der Waals surface area contributed by atoms with Crippen molar-refractivity contribution in [2.24, 2.45) is 5.11 Å². The van der Waals surface area contributed by atoms with Crippen LogP contribution in [0, 0.1) is 0 Å². The number of amides is 1. The Hall–Kier alpha value is -2.20. The van der Waals surface area contributed by atoms with Crippen LogP contribution in [-0.4, -0.2) is 18.2 Å². The fraction of sp³-hybridized carbons (Fsp3) is 0.533. The Kier molecular flexibility index (Phi) is 3.83. The minimum atomic E-state index is -0.635. The Morgan fingerprint density at radius 1 is 1.43 bits per heavy atom. The second-order valence-electron chi connectivity index (χ2n) is 6.36. The molecule has 1 amide bonds. The van der Waals surface area contributed by atoms with Gasteiger partial charge in [0.25, 0.3) is 0 Å². The standard InChI is InChI=1S/C15H20N4O2/c1-14(2,3)21-13(20)19-10-9-15(4,17-18-16)11-7-5-6-8-12(11)19/h5-8H,9-10H2,1-4H3. The van der Waals surface area contributed by atoms with Gasteiger partial charge < -0.3 is 4.74 Å². The third-order valence-electron chi connectivity index (χ3n) is 3.48. The summed E-state index contributed by atoms with van der Waals surface area (Å²) in [6, 6.07) is 7.48. The first-order valence-electron chi connectivity index (χ1n) is 6.93. The van der Waals surface area contributed by atoms with Gasteiger partial charge in [0.2, 0.25) is 0 Å². The van der Waals surface area contributed by atoms with Crippen LogP contribution >= 0.6 is 0 Å². The summed E-state index contributed by atoms with van der Waals surface area (Å²) in [4.78, 5) is 16.9. The van der Waals surface area contributed by atoms with Crippen LogP contribution in [0.4, 0.5) is 10.5 Å². The Labute approximate surface area is 124 Å². The number of carbonyl (C=O) groups excluding carboxylic acids is 1. The van der Waals surface area contributed by atoms with Gasteiger partial charge >= 0.3 is 6.09 Å². The molecular weight excluding hydrogens is 268 g/mol. The molecule has 0 radical (unpaired) electrons. The topological polar surface area (TPSA) is 78.3 Å².